The lowest BCUT2D eigenvalue weighted by Gasteiger charge is -2.10. The lowest BCUT2D eigenvalue weighted by molar-refractivity contribution is 0.413. The Morgan fingerprint density at radius 1 is 1.11 bits per heavy atom. The van der Waals surface area contributed by atoms with Crippen molar-refractivity contribution >= 4 is 16.8 Å². The molecule has 0 fully saturated rings. The monoisotopic (exact) mass is 243 g/mol. The average Bonchev–Trinajstić information content (AvgIpc) is 2.43. The number of ether oxygens (including phenoxy) is 2. The van der Waals surface area contributed by atoms with Crippen molar-refractivity contribution < 1.29 is 9.47 Å². The van der Waals surface area contributed by atoms with Crippen molar-refractivity contribution in [2.24, 2.45) is 5.73 Å². The van der Waals surface area contributed by atoms with Crippen molar-refractivity contribution in [2.75, 3.05) is 20.8 Å². The molecule has 94 valence electrons. The molecule has 0 saturated heterocycles. The Labute approximate surface area is 107 Å². The first-order valence-corrected chi connectivity index (χ1v) is 5.81. The molecule has 2 rings (SSSR count). The molecule has 0 spiro atoms. The van der Waals surface area contributed by atoms with E-state index in [1.807, 2.05) is 42.5 Å². The first kappa shape index (κ1) is 12.5. The van der Waals surface area contributed by atoms with Crippen molar-refractivity contribution in [3.05, 3.63) is 42.0 Å². The quantitative estimate of drug-likeness (QED) is 0.898. The maximum atomic E-state index is 5.52. The van der Waals surface area contributed by atoms with Crippen molar-refractivity contribution in [2.45, 2.75) is 0 Å². The van der Waals surface area contributed by atoms with Crippen molar-refractivity contribution in [1.29, 1.82) is 0 Å². The third kappa shape index (κ3) is 2.31. The zero-order valence-electron chi connectivity index (χ0n) is 10.6. The fraction of sp³-hybridized carbons (Fsp3) is 0.200. The van der Waals surface area contributed by atoms with Crippen LogP contribution in [0.25, 0.3) is 16.8 Å². The minimum absolute atomic E-state index is 0.503. The summed E-state index contributed by atoms with van der Waals surface area (Å²) in [5, 5.41) is 2.24. The van der Waals surface area contributed by atoms with Crippen LogP contribution in [-0.2, 0) is 0 Å². The van der Waals surface area contributed by atoms with Gasteiger partial charge in [-0.15, -0.1) is 0 Å². The van der Waals surface area contributed by atoms with E-state index in [0.717, 1.165) is 27.8 Å². The molecular weight excluding hydrogens is 226 g/mol. The molecule has 0 radical (unpaired) electrons. The highest BCUT2D eigenvalue weighted by molar-refractivity contribution is 5.94. The smallest absolute Gasteiger partial charge is 0.126 e. The van der Waals surface area contributed by atoms with Gasteiger partial charge in [0.2, 0.25) is 0 Å². The van der Waals surface area contributed by atoms with Crippen LogP contribution >= 0.6 is 0 Å². The van der Waals surface area contributed by atoms with Gasteiger partial charge in [0.25, 0.3) is 0 Å². The second-order valence-corrected chi connectivity index (χ2v) is 3.91. The number of hydrogen-bond acceptors (Lipinski definition) is 3. The van der Waals surface area contributed by atoms with Gasteiger partial charge in [-0.25, -0.2) is 0 Å². The standard InChI is InChI=1S/C15H17NO2/c1-17-12-7-5-11-6-8-15(18-2)13(4-3-9-16)14(11)10-12/h3-8,10H,9,16H2,1-2H3/b4-3+. The van der Waals surface area contributed by atoms with Crippen LogP contribution in [0.5, 0.6) is 11.5 Å². The highest BCUT2D eigenvalue weighted by Gasteiger charge is 2.06. The summed E-state index contributed by atoms with van der Waals surface area (Å²) in [6, 6.07) is 9.99. The number of methoxy groups -OCH3 is 2. The minimum Gasteiger partial charge on any atom is -0.497 e. The number of hydrogen-bond donors (Lipinski definition) is 1. The topological polar surface area (TPSA) is 44.5 Å². The van der Waals surface area contributed by atoms with Gasteiger partial charge in [-0.1, -0.05) is 24.3 Å². The van der Waals surface area contributed by atoms with Crippen molar-refractivity contribution in [3.8, 4) is 11.5 Å². The van der Waals surface area contributed by atoms with Crippen LogP contribution in [0.1, 0.15) is 5.56 Å². The van der Waals surface area contributed by atoms with Crippen LogP contribution in [0.15, 0.2) is 36.4 Å². The number of benzene rings is 2. The number of nitrogens with two attached hydrogens (primary N) is 1. The molecular formula is C15H17NO2. The summed E-state index contributed by atoms with van der Waals surface area (Å²) in [5.41, 5.74) is 6.54. The highest BCUT2D eigenvalue weighted by atomic mass is 16.5. The second kappa shape index (κ2) is 5.56. The normalized spacial score (nSPS) is 11.1. The Kier molecular flexibility index (Phi) is 3.85. The Morgan fingerprint density at radius 3 is 2.56 bits per heavy atom. The third-order valence-corrected chi connectivity index (χ3v) is 2.87. The van der Waals surface area contributed by atoms with Gasteiger partial charge in [0.15, 0.2) is 0 Å². The minimum atomic E-state index is 0.503. The van der Waals surface area contributed by atoms with Crippen LogP contribution in [0.3, 0.4) is 0 Å². The molecule has 0 atom stereocenters. The molecule has 0 aliphatic rings. The largest absolute Gasteiger partial charge is 0.497 e. The molecule has 0 heterocycles. The van der Waals surface area contributed by atoms with Crippen molar-refractivity contribution in [3.63, 3.8) is 0 Å². The zero-order valence-corrected chi connectivity index (χ0v) is 10.6. The number of fused-ring (bicyclic) bond motifs is 1. The molecule has 0 unspecified atom stereocenters. The Bertz CT molecular complexity index is 571. The van der Waals surface area contributed by atoms with E-state index >= 15 is 0 Å². The molecule has 2 aromatic carbocycles. The summed E-state index contributed by atoms with van der Waals surface area (Å²) < 4.78 is 10.7. The molecule has 0 saturated carbocycles. The first-order chi connectivity index (χ1) is 8.80. The first-order valence-electron chi connectivity index (χ1n) is 5.81. The molecule has 3 heteroatoms. The summed E-state index contributed by atoms with van der Waals surface area (Å²) in [4.78, 5) is 0. The summed E-state index contributed by atoms with van der Waals surface area (Å²) in [6.45, 7) is 0.503. The van der Waals surface area contributed by atoms with Gasteiger partial charge in [0, 0.05) is 12.1 Å². The fourth-order valence-electron chi connectivity index (χ4n) is 1.96. The average molecular weight is 243 g/mol. The van der Waals surface area contributed by atoms with Crippen molar-refractivity contribution in [1.82, 2.24) is 0 Å². The SMILES string of the molecule is COc1ccc2ccc(OC)c(/C=C/CN)c2c1. The Hall–Kier alpha value is -2.00. The van der Waals surface area contributed by atoms with Crippen LogP contribution in [0.4, 0.5) is 0 Å². The second-order valence-electron chi connectivity index (χ2n) is 3.91. The molecule has 0 aliphatic heterocycles. The molecule has 0 aliphatic carbocycles. The molecule has 0 amide bonds. The van der Waals surface area contributed by atoms with Crippen LogP contribution in [0.2, 0.25) is 0 Å². The molecule has 0 aromatic heterocycles. The number of rotatable bonds is 4. The van der Waals surface area contributed by atoms with Gasteiger partial charge in [-0.2, -0.15) is 0 Å². The summed E-state index contributed by atoms with van der Waals surface area (Å²) in [6.07, 6.45) is 3.90. The van der Waals surface area contributed by atoms with Gasteiger partial charge in [0.05, 0.1) is 14.2 Å². The van der Waals surface area contributed by atoms with Crippen LogP contribution in [-0.4, -0.2) is 20.8 Å². The van der Waals surface area contributed by atoms with Gasteiger partial charge in [-0.3, -0.25) is 0 Å². The van der Waals surface area contributed by atoms with Gasteiger partial charge in [0.1, 0.15) is 11.5 Å². The van der Waals surface area contributed by atoms with Gasteiger partial charge >= 0.3 is 0 Å². The van der Waals surface area contributed by atoms with E-state index in [-0.39, 0.29) is 0 Å². The summed E-state index contributed by atoms with van der Waals surface area (Å²) in [5.74, 6) is 1.67. The Balaban J connectivity index is 2.69. The molecule has 2 aromatic rings. The van der Waals surface area contributed by atoms with E-state index in [1.165, 1.54) is 0 Å². The van der Waals surface area contributed by atoms with E-state index in [4.69, 9.17) is 15.2 Å². The van der Waals surface area contributed by atoms with E-state index in [0.29, 0.717) is 6.54 Å². The summed E-state index contributed by atoms with van der Waals surface area (Å²) >= 11 is 0. The van der Waals surface area contributed by atoms with E-state index in [9.17, 15) is 0 Å². The predicted octanol–water partition coefficient (Wildman–Crippen LogP) is 2.83. The highest BCUT2D eigenvalue weighted by Crippen LogP contribution is 2.31. The van der Waals surface area contributed by atoms with Crippen LogP contribution < -0.4 is 15.2 Å². The van der Waals surface area contributed by atoms with E-state index in [1.54, 1.807) is 14.2 Å². The molecule has 3 nitrogen and oxygen atoms in total. The third-order valence-electron chi connectivity index (χ3n) is 2.87. The lowest BCUT2D eigenvalue weighted by atomic mass is 10.0. The zero-order chi connectivity index (χ0) is 13.0. The summed E-state index contributed by atoms with van der Waals surface area (Å²) in [7, 11) is 3.33. The van der Waals surface area contributed by atoms with Crippen LogP contribution in [0, 0.1) is 0 Å². The van der Waals surface area contributed by atoms with Gasteiger partial charge < -0.3 is 15.2 Å². The predicted molar refractivity (Wildman–Crippen MR) is 75.1 cm³/mol. The maximum absolute atomic E-state index is 5.52. The maximum Gasteiger partial charge on any atom is 0.126 e. The Morgan fingerprint density at radius 2 is 1.89 bits per heavy atom. The molecule has 2 N–H and O–H groups in total. The lowest BCUT2D eigenvalue weighted by Crippen LogP contribution is -1.94. The fourth-order valence-corrected chi connectivity index (χ4v) is 1.96. The molecule has 18 heavy (non-hydrogen) atoms. The van der Waals surface area contributed by atoms with E-state index in [2.05, 4.69) is 0 Å². The van der Waals surface area contributed by atoms with Gasteiger partial charge in [-0.05, 0) is 29.0 Å². The van der Waals surface area contributed by atoms with E-state index < -0.39 is 0 Å². The molecule has 0 bridgehead atoms.